The quantitative estimate of drug-likeness (QED) is 0.104. The summed E-state index contributed by atoms with van der Waals surface area (Å²) in [7, 11) is 0. The van der Waals surface area contributed by atoms with Gasteiger partial charge in [-0.15, -0.1) is 12.4 Å². The van der Waals surface area contributed by atoms with Crippen LogP contribution < -0.4 is 14.2 Å². The molecule has 1 aromatic heterocycles. The van der Waals surface area contributed by atoms with Crippen LogP contribution in [0.15, 0.2) is 103 Å². The Morgan fingerprint density at radius 1 is 0.873 bits per heavy atom. The summed E-state index contributed by atoms with van der Waals surface area (Å²) in [6.45, 7) is 10.7. The van der Waals surface area contributed by atoms with Crippen molar-refractivity contribution >= 4 is 47.6 Å². The van der Waals surface area contributed by atoms with E-state index in [2.05, 4.69) is 60.1 Å². The third-order valence-electron chi connectivity index (χ3n) is 9.33. The van der Waals surface area contributed by atoms with E-state index in [1.807, 2.05) is 30.0 Å². The van der Waals surface area contributed by atoms with Crippen LogP contribution in [-0.2, 0) is 24.4 Å². The number of amides is 1. The van der Waals surface area contributed by atoms with Crippen LogP contribution in [0.25, 0.3) is 6.08 Å². The van der Waals surface area contributed by atoms with E-state index in [0.29, 0.717) is 53.6 Å². The highest BCUT2D eigenvalue weighted by atomic mass is 35.5. The molecular weight excluding hydrogens is 760 g/mol. The summed E-state index contributed by atoms with van der Waals surface area (Å²) >= 11 is 12.5. The van der Waals surface area contributed by atoms with E-state index in [0.717, 1.165) is 42.9 Å². The minimum absolute atomic E-state index is 0. The molecule has 0 bridgehead atoms. The molecule has 2 heterocycles. The van der Waals surface area contributed by atoms with Crippen LogP contribution >= 0.6 is 35.6 Å². The van der Waals surface area contributed by atoms with Gasteiger partial charge in [0.1, 0.15) is 23.9 Å². The number of aryl methyl sites for hydroxylation is 1. The SMILES string of the molecule is Cc1cc(C=CC(=O)N2CCN(Cc3ccc(CCOc4ccc(C(C)C)cc4)cc3)CC2)cc(Cl)c1Oc1ccc(OCc2cccc(Cl)c2F)cn1.Cl. The highest BCUT2D eigenvalue weighted by Gasteiger charge is 2.20. The molecule has 1 amide bonds. The Bertz CT molecular complexity index is 2030. The monoisotopic (exact) mass is 803 g/mol. The molecule has 0 spiro atoms. The van der Waals surface area contributed by atoms with Crippen molar-refractivity contribution in [3.05, 3.63) is 153 Å². The Kier molecular flexibility index (Phi) is 15.0. The lowest BCUT2D eigenvalue weighted by atomic mass is 10.0. The number of carbonyl (C=O) groups excluding carboxylic acids is 1. The number of nitrogens with zero attached hydrogens (tertiary/aromatic N) is 3. The lowest BCUT2D eigenvalue weighted by molar-refractivity contribution is -0.127. The minimum atomic E-state index is -0.506. The van der Waals surface area contributed by atoms with Crippen LogP contribution in [0.3, 0.4) is 0 Å². The largest absolute Gasteiger partial charge is 0.493 e. The number of halogens is 4. The van der Waals surface area contributed by atoms with E-state index in [-0.39, 0.29) is 29.9 Å². The molecule has 0 unspecified atom stereocenters. The maximum absolute atomic E-state index is 14.2. The van der Waals surface area contributed by atoms with Crippen molar-refractivity contribution in [3.63, 3.8) is 0 Å². The number of hydrogen-bond acceptors (Lipinski definition) is 6. The van der Waals surface area contributed by atoms with Crippen LogP contribution in [0.1, 0.15) is 53.1 Å². The third-order valence-corrected chi connectivity index (χ3v) is 9.90. The van der Waals surface area contributed by atoms with Crippen molar-refractivity contribution in [2.24, 2.45) is 0 Å². The summed E-state index contributed by atoms with van der Waals surface area (Å²) in [5.41, 5.74) is 5.74. The fourth-order valence-corrected chi connectivity index (χ4v) is 6.63. The summed E-state index contributed by atoms with van der Waals surface area (Å²) in [6, 6.07) is 28.8. The molecule has 0 radical (unpaired) electrons. The Labute approximate surface area is 339 Å². The molecule has 0 N–H and O–H groups in total. The zero-order chi connectivity index (χ0) is 38.0. The second-order valence-corrected chi connectivity index (χ2v) is 14.5. The number of rotatable bonds is 14. The third kappa shape index (κ3) is 11.7. The first-order valence-electron chi connectivity index (χ1n) is 18.1. The van der Waals surface area contributed by atoms with Gasteiger partial charge in [0, 0.05) is 56.9 Å². The molecule has 0 aliphatic carbocycles. The van der Waals surface area contributed by atoms with Crippen LogP contribution in [0.4, 0.5) is 4.39 Å². The number of hydrogen-bond donors (Lipinski definition) is 0. The highest BCUT2D eigenvalue weighted by Crippen LogP contribution is 2.34. The molecule has 11 heteroatoms. The average molecular weight is 805 g/mol. The van der Waals surface area contributed by atoms with Gasteiger partial charge in [0.25, 0.3) is 0 Å². The second-order valence-electron chi connectivity index (χ2n) is 13.7. The molecule has 4 aromatic carbocycles. The Morgan fingerprint density at radius 3 is 2.25 bits per heavy atom. The normalized spacial score (nSPS) is 13.2. The Hall–Kier alpha value is -4.60. The number of pyridine rings is 1. The van der Waals surface area contributed by atoms with Gasteiger partial charge in [-0.3, -0.25) is 9.69 Å². The van der Waals surface area contributed by atoms with Crippen molar-refractivity contribution in [3.8, 4) is 23.1 Å². The number of carbonyl (C=O) groups is 1. The lowest BCUT2D eigenvalue weighted by Crippen LogP contribution is -2.47. The topological polar surface area (TPSA) is 64.1 Å². The summed E-state index contributed by atoms with van der Waals surface area (Å²) < 4.78 is 31.7. The smallest absolute Gasteiger partial charge is 0.246 e. The fraction of sp³-hybridized carbons (Fsp3) is 0.273. The predicted molar refractivity (Wildman–Crippen MR) is 221 cm³/mol. The van der Waals surface area contributed by atoms with Gasteiger partial charge in [0.05, 0.1) is 22.8 Å². The van der Waals surface area contributed by atoms with E-state index in [4.69, 9.17) is 37.4 Å². The van der Waals surface area contributed by atoms with Gasteiger partial charge in [0.2, 0.25) is 11.8 Å². The van der Waals surface area contributed by atoms with E-state index in [1.165, 1.54) is 29.0 Å². The fourth-order valence-electron chi connectivity index (χ4n) is 6.13. The molecule has 5 aromatic rings. The molecule has 0 atom stereocenters. The number of benzene rings is 4. The molecule has 0 saturated carbocycles. The van der Waals surface area contributed by atoms with Crippen molar-refractivity contribution in [2.45, 2.75) is 46.3 Å². The van der Waals surface area contributed by atoms with Gasteiger partial charge in [-0.2, -0.15) is 0 Å². The number of aromatic nitrogens is 1. The van der Waals surface area contributed by atoms with Gasteiger partial charge in [0.15, 0.2) is 5.75 Å². The van der Waals surface area contributed by atoms with E-state index >= 15 is 0 Å². The first-order chi connectivity index (χ1) is 26.1. The van der Waals surface area contributed by atoms with Crippen LogP contribution in [0, 0.1) is 12.7 Å². The molecule has 7 nitrogen and oxygen atoms in total. The minimum Gasteiger partial charge on any atom is -0.493 e. The summed E-state index contributed by atoms with van der Waals surface area (Å²) in [5, 5.41) is 0.437. The molecule has 1 saturated heterocycles. The number of ether oxygens (including phenoxy) is 3. The van der Waals surface area contributed by atoms with Crippen LogP contribution in [0.2, 0.25) is 10.0 Å². The summed E-state index contributed by atoms with van der Waals surface area (Å²) in [5.74, 6) is 2.11. The molecule has 1 aliphatic rings. The van der Waals surface area contributed by atoms with Crippen molar-refractivity contribution in [2.75, 3.05) is 32.8 Å². The predicted octanol–water partition coefficient (Wildman–Crippen LogP) is 10.7. The molecule has 55 heavy (non-hydrogen) atoms. The Balaban J connectivity index is 0.00000580. The van der Waals surface area contributed by atoms with Gasteiger partial charge < -0.3 is 19.1 Å². The van der Waals surface area contributed by atoms with E-state index in [1.54, 1.807) is 42.5 Å². The van der Waals surface area contributed by atoms with Crippen molar-refractivity contribution in [1.29, 1.82) is 0 Å². The van der Waals surface area contributed by atoms with Crippen LogP contribution in [-0.4, -0.2) is 53.5 Å². The summed E-state index contributed by atoms with van der Waals surface area (Å²) in [6.07, 6.45) is 5.72. The van der Waals surface area contributed by atoms with E-state index in [9.17, 15) is 9.18 Å². The molecule has 6 rings (SSSR count). The van der Waals surface area contributed by atoms with Gasteiger partial charge in [-0.1, -0.05) is 85.6 Å². The second kappa shape index (κ2) is 19.8. The molecule has 1 fully saturated rings. The zero-order valence-electron chi connectivity index (χ0n) is 31.1. The standard InChI is InChI=1S/C44H44Cl2FN3O4.ClH/c1-30(2)35-12-14-37(15-13-35)52-24-19-32-7-9-33(10-8-32)28-49-20-22-50(23-21-49)42(51)18-11-34-25-31(3)44(40(46)26-34)54-41-17-16-38(27-48-41)53-29-36-5-4-6-39(45)43(36)47;/h4-18,25-27,30H,19-24,28-29H2,1-3H3;1H. The van der Waals surface area contributed by atoms with Gasteiger partial charge >= 0.3 is 0 Å². The molecule has 1 aliphatic heterocycles. The van der Waals surface area contributed by atoms with Crippen molar-refractivity contribution in [1.82, 2.24) is 14.8 Å². The maximum Gasteiger partial charge on any atom is 0.246 e. The van der Waals surface area contributed by atoms with Crippen LogP contribution in [0.5, 0.6) is 23.1 Å². The first-order valence-corrected chi connectivity index (χ1v) is 18.9. The van der Waals surface area contributed by atoms with Crippen molar-refractivity contribution < 1.29 is 23.4 Å². The first kappa shape index (κ1) is 41.6. The molecule has 288 valence electrons. The van der Waals surface area contributed by atoms with E-state index < -0.39 is 5.82 Å². The zero-order valence-corrected chi connectivity index (χ0v) is 33.5. The lowest BCUT2D eigenvalue weighted by Gasteiger charge is -2.34. The highest BCUT2D eigenvalue weighted by molar-refractivity contribution is 6.32. The summed E-state index contributed by atoms with van der Waals surface area (Å²) in [4.78, 5) is 21.6. The average Bonchev–Trinajstić information content (AvgIpc) is 3.17. The number of piperazine rings is 1. The Morgan fingerprint density at radius 2 is 1.58 bits per heavy atom. The maximum atomic E-state index is 14.2. The van der Waals surface area contributed by atoms with Gasteiger partial charge in [-0.25, -0.2) is 9.37 Å². The molecular formula is C44H45Cl3FN3O4. The van der Waals surface area contributed by atoms with Gasteiger partial charge in [-0.05, 0) is 83.1 Å².